The lowest BCUT2D eigenvalue weighted by atomic mass is 10.1. The fraction of sp³-hybridized carbons (Fsp3) is 0.833. The van der Waals surface area contributed by atoms with Gasteiger partial charge in [0.1, 0.15) is 0 Å². The first-order valence-electron chi connectivity index (χ1n) is 6.47. The van der Waals surface area contributed by atoms with E-state index in [4.69, 9.17) is 9.84 Å². The number of urea groups is 1. The quantitative estimate of drug-likeness (QED) is 0.440. The molecule has 1 rings (SSSR count). The SMILES string of the molecule is CC(O)(CNC(=O)NCCCOCC1CC1)C(=O)O. The summed E-state index contributed by atoms with van der Waals surface area (Å²) in [7, 11) is 0. The number of aliphatic carboxylic acids is 1. The predicted octanol–water partition coefficient (Wildman–Crippen LogP) is -0.0621. The summed E-state index contributed by atoms with van der Waals surface area (Å²) in [6.07, 6.45) is 3.21. The minimum atomic E-state index is -1.95. The fourth-order valence-electron chi connectivity index (χ4n) is 1.30. The summed E-state index contributed by atoms with van der Waals surface area (Å²) in [5, 5.41) is 22.9. The molecule has 1 fully saturated rings. The van der Waals surface area contributed by atoms with E-state index in [1.165, 1.54) is 12.8 Å². The van der Waals surface area contributed by atoms with Gasteiger partial charge < -0.3 is 25.6 Å². The third-order valence-electron chi connectivity index (χ3n) is 2.86. The Kier molecular flexibility index (Phi) is 6.04. The molecular formula is C12H22N2O5. The predicted molar refractivity (Wildman–Crippen MR) is 67.8 cm³/mol. The molecule has 0 aromatic carbocycles. The van der Waals surface area contributed by atoms with Crippen LogP contribution in [0.1, 0.15) is 26.2 Å². The van der Waals surface area contributed by atoms with Crippen molar-refractivity contribution >= 4 is 12.0 Å². The van der Waals surface area contributed by atoms with Crippen molar-refractivity contribution in [2.75, 3.05) is 26.3 Å². The summed E-state index contributed by atoms with van der Waals surface area (Å²) in [5.41, 5.74) is -1.95. The minimum Gasteiger partial charge on any atom is -0.479 e. The van der Waals surface area contributed by atoms with Crippen LogP contribution in [0, 0.1) is 5.92 Å². The average Bonchev–Trinajstić information content (AvgIpc) is 3.15. The van der Waals surface area contributed by atoms with Gasteiger partial charge in [0, 0.05) is 19.8 Å². The molecule has 7 nitrogen and oxygen atoms in total. The Hall–Kier alpha value is -1.34. The highest BCUT2D eigenvalue weighted by atomic mass is 16.5. The van der Waals surface area contributed by atoms with Crippen molar-refractivity contribution in [3.8, 4) is 0 Å². The molecule has 1 saturated carbocycles. The molecule has 0 aromatic rings. The number of carboxylic acid groups (broad SMARTS) is 1. The Bertz CT molecular complexity index is 315. The maximum atomic E-state index is 11.3. The molecule has 0 aromatic heterocycles. The number of nitrogens with one attached hydrogen (secondary N) is 2. The van der Waals surface area contributed by atoms with Crippen LogP contribution in [0.4, 0.5) is 4.79 Å². The second-order valence-electron chi connectivity index (χ2n) is 5.06. The normalized spacial score (nSPS) is 17.6. The second kappa shape index (κ2) is 7.30. The van der Waals surface area contributed by atoms with E-state index in [-0.39, 0.29) is 6.54 Å². The fourth-order valence-corrected chi connectivity index (χ4v) is 1.30. The monoisotopic (exact) mass is 274 g/mol. The van der Waals surface area contributed by atoms with Gasteiger partial charge in [0.15, 0.2) is 5.60 Å². The van der Waals surface area contributed by atoms with Crippen LogP contribution in [0.15, 0.2) is 0 Å². The molecule has 1 aliphatic rings. The number of carbonyl (C=O) groups excluding carboxylic acids is 1. The Morgan fingerprint density at radius 2 is 2.05 bits per heavy atom. The lowest BCUT2D eigenvalue weighted by molar-refractivity contribution is -0.155. The molecule has 0 radical (unpaired) electrons. The average molecular weight is 274 g/mol. The third kappa shape index (κ3) is 6.97. The first kappa shape index (κ1) is 15.7. The van der Waals surface area contributed by atoms with Gasteiger partial charge in [0.25, 0.3) is 0 Å². The van der Waals surface area contributed by atoms with Crippen molar-refractivity contribution in [3.63, 3.8) is 0 Å². The number of ether oxygens (including phenoxy) is 1. The van der Waals surface area contributed by atoms with Crippen molar-refractivity contribution in [2.24, 2.45) is 5.92 Å². The molecule has 0 heterocycles. The number of aliphatic hydroxyl groups is 1. The number of carbonyl (C=O) groups is 2. The number of hydrogen-bond donors (Lipinski definition) is 4. The maximum Gasteiger partial charge on any atom is 0.337 e. The Morgan fingerprint density at radius 1 is 1.37 bits per heavy atom. The summed E-state index contributed by atoms with van der Waals surface area (Å²) < 4.78 is 5.40. The summed E-state index contributed by atoms with van der Waals surface area (Å²) in [4.78, 5) is 21.9. The Balaban J connectivity index is 1.96. The second-order valence-corrected chi connectivity index (χ2v) is 5.06. The Morgan fingerprint density at radius 3 is 2.63 bits per heavy atom. The largest absolute Gasteiger partial charge is 0.479 e. The van der Waals surface area contributed by atoms with E-state index in [1.54, 1.807) is 0 Å². The summed E-state index contributed by atoms with van der Waals surface area (Å²) in [6.45, 7) is 2.64. The van der Waals surface area contributed by atoms with Crippen molar-refractivity contribution in [1.29, 1.82) is 0 Å². The molecule has 1 atom stereocenters. The van der Waals surface area contributed by atoms with Crippen LogP contribution in [0.2, 0.25) is 0 Å². The van der Waals surface area contributed by atoms with Crippen LogP contribution >= 0.6 is 0 Å². The topological polar surface area (TPSA) is 108 Å². The molecule has 110 valence electrons. The van der Waals surface area contributed by atoms with Gasteiger partial charge in [0.05, 0.1) is 6.54 Å². The van der Waals surface area contributed by atoms with E-state index in [2.05, 4.69) is 10.6 Å². The molecule has 1 unspecified atom stereocenters. The van der Waals surface area contributed by atoms with Gasteiger partial charge in [-0.15, -0.1) is 0 Å². The highest BCUT2D eigenvalue weighted by molar-refractivity contribution is 5.79. The van der Waals surface area contributed by atoms with Gasteiger partial charge in [-0.1, -0.05) is 0 Å². The van der Waals surface area contributed by atoms with Crippen LogP contribution in [-0.2, 0) is 9.53 Å². The van der Waals surface area contributed by atoms with Gasteiger partial charge in [-0.3, -0.25) is 0 Å². The van der Waals surface area contributed by atoms with Gasteiger partial charge in [-0.05, 0) is 32.1 Å². The molecule has 4 N–H and O–H groups in total. The number of amides is 2. The summed E-state index contributed by atoms with van der Waals surface area (Å²) in [5.74, 6) is -0.643. The molecule has 0 spiro atoms. The van der Waals surface area contributed by atoms with Gasteiger partial charge in [0.2, 0.25) is 0 Å². The van der Waals surface area contributed by atoms with E-state index >= 15 is 0 Å². The number of hydrogen-bond acceptors (Lipinski definition) is 4. The van der Waals surface area contributed by atoms with E-state index in [1.807, 2.05) is 0 Å². The van der Waals surface area contributed by atoms with Gasteiger partial charge in [-0.2, -0.15) is 0 Å². The molecule has 0 bridgehead atoms. The zero-order valence-electron chi connectivity index (χ0n) is 11.1. The smallest absolute Gasteiger partial charge is 0.337 e. The zero-order valence-corrected chi connectivity index (χ0v) is 11.1. The van der Waals surface area contributed by atoms with Crippen LogP contribution in [-0.4, -0.2) is 54.1 Å². The van der Waals surface area contributed by atoms with Crippen molar-refractivity contribution in [2.45, 2.75) is 31.8 Å². The van der Waals surface area contributed by atoms with E-state index in [9.17, 15) is 14.7 Å². The van der Waals surface area contributed by atoms with Gasteiger partial charge >= 0.3 is 12.0 Å². The zero-order chi connectivity index (χ0) is 14.3. The maximum absolute atomic E-state index is 11.3. The lowest BCUT2D eigenvalue weighted by Crippen LogP contribution is -2.49. The standard InChI is InChI=1S/C12H22N2O5/c1-12(18,10(15)16)8-14-11(17)13-5-2-6-19-7-9-3-4-9/h9,18H,2-8H2,1H3,(H,15,16)(H2,13,14,17). The summed E-state index contributed by atoms with van der Waals surface area (Å²) in [6, 6.07) is -0.497. The highest BCUT2D eigenvalue weighted by Crippen LogP contribution is 2.28. The number of rotatable bonds is 9. The molecular weight excluding hydrogens is 252 g/mol. The molecule has 0 saturated heterocycles. The van der Waals surface area contributed by atoms with Crippen LogP contribution in [0.5, 0.6) is 0 Å². The van der Waals surface area contributed by atoms with Crippen molar-refractivity contribution in [1.82, 2.24) is 10.6 Å². The molecule has 0 aliphatic heterocycles. The number of carboxylic acids is 1. The highest BCUT2D eigenvalue weighted by Gasteiger charge is 2.30. The van der Waals surface area contributed by atoms with Crippen molar-refractivity contribution in [3.05, 3.63) is 0 Å². The van der Waals surface area contributed by atoms with E-state index in [0.717, 1.165) is 19.4 Å². The molecule has 2 amide bonds. The first-order valence-corrected chi connectivity index (χ1v) is 6.47. The molecule has 7 heteroatoms. The van der Waals surface area contributed by atoms with Crippen molar-refractivity contribution < 1.29 is 24.5 Å². The minimum absolute atomic E-state index is 0.341. The van der Waals surface area contributed by atoms with E-state index < -0.39 is 17.6 Å². The van der Waals surface area contributed by atoms with Crippen LogP contribution in [0.3, 0.4) is 0 Å². The van der Waals surface area contributed by atoms with Crippen LogP contribution in [0.25, 0.3) is 0 Å². The lowest BCUT2D eigenvalue weighted by Gasteiger charge is -2.18. The Labute approximate surface area is 112 Å². The molecule has 1 aliphatic carbocycles. The van der Waals surface area contributed by atoms with Gasteiger partial charge in [-0.25, -0.2) is 9.59 Å². The third-order valence-corrected chi connectivity index (χ3v) is 2.86. The van der Waals surface area contributed by atoms with Crippen LogP contribution < -0.4 is 10.6 Å². The first-order chi connectivity index (χ1) is 8.92. The molecule has 19 heavy (non-hydrogen) atoms. The van der Waals surface area contributed by atoms with E-state index in [0.29, 0.717) is 19.6 Å². The summed E-state index contributed by atoms with van der Waals surface area (Å²) >= 11 is 0.